The van der Waals surface area contributed by atoms with E-state index in [2.05, 4.69) is 5.32 Å². The van der Waals surface area contributed by atoms with Gasteiger partial charge in [-0.2, -0.15) is 0 Å². The molecule has 1 saturated heterocycles. The van der Waals surface area contributed by atoms with Gasteiger partial charge in [-0.1, -0.05) is 11.6 Å². The zero-order chi connectivity index (χ0) is 13.8. The Bertz CT molecular complexity index is 464. The first-order chi connectivity index (χ1) is 9.08. The molecule has 0 radical (unpaired) electrons. The summed E-state index contributed by atoms with van der Waals surface area (Å²) in [4.78, 5) is 14.1. The van der Waals surface area contributed by atoms with Crippen molar-refractivity contribution in [3.63, 3.8) is 0 Å². The number of ether oxygens (including phenoxy) is 1. The van der Waals surface area contributed by atoms with E-state index < -0.39 is 5.82 Å². The summed E-state index contributed by atoms with van der Waals surface area (Å²) in [7, 11) is 0. The minimum absolute atomic E-state index is 0.157. The van der Waals surface area contributed by atoms with Gasteiger partial charge in [-0.15, -0.1) is 0 Å². The fourth-order valence-corrected chi connectivity index (χ4v) is 2.17. The standard InChI is InChI=1S/C13H16ClFN2O2/c1-9(17-4-6-19-7-5-17)13(18)16-12-3-2-10(15)8-11(12)14/h2-3,8-9H,4-7H2,1H3,(H,16,18)/t9-/m1/s1. The number of halogens is 2. The first-order valence-corrected chi connectivity index (χ1v) is 6.53. The van der Waals surface area contributed by atoms with Crippen molar-refractivity contribution in [1.82, 2.24) is 4.90 Å². The van der Waals surface area contributed by atoms with Crippen LogP contribution in [-0.4, -0.2) is 43.2 Å². The van der Waals surface area contributed by atoms with Crippen molar-refractivity contribution < 1.29 is 13.9 Å². The fraction of sp³-hybridized carbons (Fsp3) is 0.462. The molecule has 1 fully saturated rings. The molecule has 0 saturated carbocycles. The molecule has 104 valence electrons. The summed E-state index contributed by atoms with van der Waals surface area (Å²) in [5, 5.41) is 2.91. The molecule has 0 aliphatic carbocycles. The highest BCUT2D eigenvalue weighted by molar-refractivity contribution is 6.33. The molecule has 19 heavy (non-hydrogen) atoms. The molecule has 1 aliphatic rings. The monoisotopic (exact) mass is 286 g/mol. The molecule has 1 amide bonds. The minimum Gasteiger partial charge on any atom is -0.379 e. The van der Waals surface area contributed by atoms with Gasteiger partial charge < -0.3 is 10.1 Å². The minimum atomic E-state index is -0.427. The summed E-state index contributed by atoms with van der Waals surface area (Å²) in [6.45, 7) is 4.55. The predicted octanol–water partition coefficient (Wildman–Crippen LogP) is 2.14. The number of nitrogens with one attached hydrogen (secondary N) is 1. The lowest BCUT2D eigenvalue weighted by Gasteiger charge is -2.31. The van der Waals surface area contributed by atoms with Gasteiger partial charge in [0.1, 0.15) is 5.82 Å². The summed E-state index contributed by atoms with van der Waals surface area (Å²) in [5.41, 5.74) is 0.424. The number of hydrogen-bond donors (Lipinski definition) is 1. The Kier molecular flexibility index (Phi) is 4.74. The van der Waals surface area contributed by atoms with Crippen molar-refractivity contribution in [2.75, 3.05) is 31.6 Å². The Morgan fingerprint density at radius 3 is 2.79 bits per heavy atom. The molecule has 0 unspecified atom stereocenters. The van der Waals surface area contributed by atoms with Crippen LogP contribution in [0.2, 0.25) is 5.02 Å². The molecule has 1 aromatic rings. The Balaban J connectivity index is 1.99. The largest absolute Gasteiger partial charge is 0.379 e. The number of nitrogens with zero attached hydrogens (tertiary/aromatic N) is 1. The van der Waals surface area contributed by atoms with Gasteiger partial charge >= 0.3 is 0 Å². The Morgan fingerprint density at radius 1 is 1.47 bits per heavy atom. The van der Waals surface area contributed by atoms with Crippen LogP contribution in [-0.2, 0) is 9.53 Å². The lowest BCUT2D eigenvalue weighted by atomic mass is 10.2. The number of benzene rings is 1. The van der Waals surface area contributed by atoms with Crippen LogP contribution >= 0.6 is 11.6 Å². The first-order valence-electron chi connectivity index (χ1n) is 6.15. The maximum atomic E-state index is 12.9. The van der Waals surface area contributed by atoms with Crippen molar-refractivity contribution in [3.8, 4) is 0 Å². The van der Waals surface area contributed by atoms with E-state index in [1.807, 2.05) is 11.8 Å². The lowest BCUT2D eigenvalue weighted by Crippen LogP contribution is -2.47. The Hall–Kier alpha value is -1.17. The van der Waals surface area contributed by atoms with Crippen molar-refractivity contribution in [1.29, 1.82) is 0 Å². The molecule has 6 heteroatoms. The van der Waals surface area contributed by atoms with Gasteiger partial charge in [-0.25, -0.2) is 4.39 Å². The van der Waals surface area contributed by atoms with Gasteiger partial charge in [0.2, 0.25) is 5.91 Å². The third-order valence-corrected chi connectivity index (χ3v) is 3.47. The van der Waals surface area contributed by atoms with E-state index in [1.54, 1.807) is 0 Å². The molecule has 0 bridgehead atoms. The number of morpholine rings is 1. The highest BCUT2D eigenvalue weighted by Crippen LogP contribution is 2.22. The maximum Gasteiger partial charge on any atom is 0.241 e. The van der Waals surface area contributed by atoms with E-state index in [0.29, 0.717) is 18.9 Å². The SMILES string of the molecule is C[C@H](C(=O)Nc1ccc(F)cc1Cl)N1CCOCC1. The van der Waals surface area contributed by atoms with Crippen molar-refractivity contribution >= 4 is 23.2 Å². The van der Waals surface area contributed by atoms with Crippen molar-refractivity contribution in [2.45, 2.75) is 13.0 Å². The third-order valence-electron chi connectivity index (χ3n) is 3.16. The van der Waals surface area contributed by atoms with Crippen LogP contribution in [0.3, 0.4) is 0 Å². The van der Waals surface area contributed by atoms with E-state index in [4.69, 9.17) is 16.3 Å². The van der Waals surface area contributed by atoms with Gasteiger partial charge in [0.25, 0.3) is 0 Å². The molecule has 0 spiro atoms. The van der Waals surface area contributed by atoms with E-state index in [1.165, 1.54) is 18.2 Å². The second-order valence-corrected chi connectivity index (χ2v) is 4.84. The van der Waals surface area contributed by atoms with Crippen molar-refractivity contribution in [2.24, 2.45) is 0 Å². The fourth-order valence-electron chi connectivity index (χ4n) is 1.96. The summed E-state index contributed by atoms with van der Waals surface area (Å²) in [5.74, 6) is -0.584. The van der Waals surface area contributed by atoms with E-state index in [9.17, 15) is 9.18 Å². The smallest absolute Gasteiger partial charge is 0.241 e. The average Bonchev–Trinajstić information content (AvgIpc) is 2.42. The lowest BCUT2D eigenvalue weighted by molar-refractivity contribution is -0.122. The van der Waals surface area contributed by atoms with E-state index >= 15 is 0 Å². The number of carbonyl (C=O) groups excluding carboxylic acids is 1. The molecule has 1 atom stereocenters. The van der Waals surface area contributed by atoms with Crippen LogP contribution in [0.25, 0.3) is 0 Å². The second kappa shape index (κ2) is 6.32. The normalized spacial score (nSPS) is 18.1. The summed E-state index contributed by atoms with van der Waals surface area (Å²) < 4.78 is 18.2. The van der Waals surface area contributed by atoms with Crippen LogP contribution in [0.15, 0.2) is 18.2 Å². The number of amides is 1. The van der Waals surface area contributed by atoms with Gasteiger partial charge in [0, 0.05) is 13.1 Å². The van der Waals surface area contributed by atoms with Gasteiger partial charge in [-0.3, -0.25) is 9.69 Å². The molecule has 2 rings (SSSR count). The molecule has 0 aromatic heterocycles. The first kappa shape index (κ1) is 14.2. The van der Waals surface area contributed by atoms with Crippen LogP contribution < -0.4 is 5.32 Å². The van der Waals surface area contributed by atoms with E-state index in [0.717, 1.165) is 13.1 Å². The number of carbonyl (C=O) groups is 1. The summed E-state index contributed by atoms with van der Waals surface area (Å²) in [6.07, 6.45) is 0. The molecule has 1 aromatic carbocycles. The number of rotatable bonds is 3. The highest BCUT2D eigenvalue weighted by Gasteiger charge is 2.23. The second-order valence-electron chi connectivity index (χ2n) is 4.44. The molecular formula is C13H16ClFN2O2. The molecule has 4 nitrogen and oxygen atoms in total. The van der Waals surface area contributed by atoms with Gasteiger partial charge in [0.05, 0.1) is 30.0 Å². The van der Waals surface area contributed by atoms with Gasteiger partial charge in [0.15, 0.2) is 0 Å². The van der Waals surface area contributed by atoms with Gasteiger partial charge in [-0.05, 0) is 25.1 Å². The number of hydrogen-bond acceptors (Lipinski definition) is 3. The third kappa shape index (κ3) is 3.65. The summed E-state index contributed by atoms with van der Waals surface area (Å²) >= 11 is 5.88. The molecule has 1 heterocycles. The zero-order valence-electron chi connectivity index (χ0n) is 10.7. The van der Waals surface area contributed by atoms with Crippen molar-refractivity contribution in [3.05, 3.63) is 29.0 Å². The Labute approximate surface area is 116 Å². The average molecular weight is 287 g/mol. The van der Waals surface area contributed by atoms with Crippen LogP contribution in [0.4, 0.5) is 10.1 Å². The van der Waals surface area contributed by atoms with Crippen LogP contribution in [0.5, 0.6) is 0 Å². The number of anilines is 1. The van der Waals surface area contributed by atoms with E-state index in [-0.39, 0.29) is 17.0 Å². The summed E-state index contributed by atoms with van der Waals surface area (Å²) in [6, 6.07) is 3.63. The zero-order valence-corrected chi connectivity index (χ0v) is 11.4. The topological polar surface area (TPSA) is 41.6 Å². The maximum absolute atomic E-state index is 12.9. The van der Waals surface area contributed by atoms with Crippen LogP contribution in [0.1, 0.15) is 6.92 Å². The molecule has 1 aliphatic heterocycles. The predicted molar refractivity (Wildman–Crippen MR) is 71.9 cm³/mol. The molecule has 1 N–H and O–H groups in total. The highest BCUT2D eigenvalue weighted by atomic mass is 35.5. The molecular weight excluding hydrogens is 271 g/mol. The quantitative estimate of drug-likeness (QED) is 0.926. The van der Waals surface area contributed by atoms with Crippen LogP contribution in [0, 0.1) is 5.82 Å². The Morgan fingerprint density at radius 2 is 2.16 bits per heavy atom.